The van der Waals surface area contributed by atoms with E-state index < -0.39 is 11.6 Å². The second-order valence-corrected chi connectivity index (χ2v) is 7.17. The summed E-state index contributed by atoms with van der Waals surface area (Å²) in [5, 5.41) is 8.77. The van der Waals surface area contributed by atoms with Crippen LogP contribution in [0.4, 0.5) is 0 Å². The molecule has 0 spiro atoms. The molecule has 104 valence electrons. The minimum absolute atomic E-state index is 0.0231. The van der Waals surface area contributed by atoms with Crippen molar-refractivity contribution in [1.82, 2.24) is 4.98 Å². The maximum Gasteiger partial charge on any atom is 0.313 e. The molecule has 0 radical (unpaired) electrons. The van der Waals surface area contributed by atoms with Crippen molar-refractivity contribution < 1.29 is 14.6 Å². The van der Waals surface area contributed by atoms with Crippen molar-refractivity contribution >= 4 is 29.1 Å². The molecule has 0 aliphatic carbocycles. The number of ether oxygens (including phenoxy) is 1. The fourth-order valence-electron chi connectivity index (χ4n) is 2.15. The van der Waals surface area contributed by atoms with Crippen molar-refractivity contribution in [1.29, 1.82) is 0 Å². The third-order valence-electron chi connectivity index (χ3n) is 2.98. The van der Waals surface area contributed by atoms with Crippen molar-refractivity contribution in [3.05, 3.63) is 29.1 Å². The second kappa shape index (κ2) is 4.79. The number of para-hydroxylation sites is 1. The van der Waals surface area contributed by atoms with Gasteiger partial charge in [-0.15, -0.1) is 11.3 Å². The average molecular weight is 307 g/mol. The van der Waals surface area contributed by atoms with Crippen molar-refractivity contribution in [2.75, 3.05) is 5.75 Å². The molecule has 1 aromatic carbocycles. The first-order valence-electron chi connectivity index (χ1n) is 6.12. The fourth-order valence-corrected chi connectivity index (χ4v) is 4.07. The van der Waals surface area contributed by atoms with Crippen LogP contribution in [0.3, 0.4) is 0 Å². The molecule has 0 atom stereocenters. The summed E-state index contributed by atoms with van der Waals surface area (Å²) in [4.78, 5) is 16.3. The summed E-state index contributed by atoms with van der Waals surface area (Å²) in [5.74, 6) is 0.0131. The molecule has 1 N–H and O–H groups in total. The number of thioether (sulfide) groups is 1. The number of hydrogen-bond donors (Lipinski definition) is 1. The van der Waals surface area contributed by atoms with Gasteiger partial charge in [-0.2, -0.15) is 0 Å². The highest BCUT2D eigenvalue weighted by Crippen LogP contribution is 2.48. The van der Waals surface area contributed by atoms with Gasteiger partial charge in [-0.1, -0.05) is 23.9 Å². The first-order valence-corrected chi connectivity index (χ1v) is 7.92. The van der Waals surface area contributed by atoms with Crippen LogP contribution in [-0.2, 0) is 10.4 Å². The molecule has 3 rings (SSSR count). The number of nitrogens with zero attached hydrogens (tertiary/aromatic N) is 1. The molecule has 1 aliphatic heterocycles. The van der Waals surface area contributed by atoms with E-state index in [0.29, 0.717) is 0 Å². The molecule has 0 bridgehead atoms. The van der Waals surface area contributed by atoms with E-state index in [-0.39, 0.29) is 5.75 Å². The van der Waals surface area contributed by atoms with Crippen molar-refractivity contribution in [2.45, 2.75) is 23.8 Å². The van der Waals surface area contributed by atoms with Crippen LogP contribution in [-0.4, -0.2) is 21.8 Å². The van der Waals surface area contributed by atoms with Gasteiger partial charge in [0.05, 0.1) is 16.3 Å². The SMILES string of the molecule is CC1(C)Oc2ccccc2-c2nc(SCC(=O)O)sc21. The number of hydrogen-bond acceptors (Lipinski definition) is 5. The summed E-state index contributed by atoms with van der Waals surface area (Å²) < 4.78 is 6.80. The molecule has 2 heterocycles. The van der Waals surface area contributed by atoms with Gasteiger partial charge in [-0.3, -0.25) is 4.79 Å². The van der Waals surface area contributed by atoms with E-state index in [1.54, 1.807) is 0 Å². The number of thiazole rings is 1. The number of carboxylic acid groups (broad SMARTS) is 1. The Kier molecular flexibility index (Phi) is 3.22. The van der Waals surface area contributed by atoms with Crippen LogP contribution in [0.25, 0.3) is 11.3 Å². The smallest absolute Gasteiger partial charge is 0.313 e. The van der Waals surface area contributed by atoms with Gasteiger partial charge in [0.2, 0.25) is 0 Å². The number of rotatable bonds is 3. The number of aliphatic carboxylic acids is 1. The summed E-state index contributed by atoms with van der Waals surface area (Å²) in [6.07, 6.45) is 0. The van der Waals surface area contributed by atoms with E-state index in [2.05, 4.69) is 4.98 Å². The highest BCUT2D eigenvalue weighted by Gasteiger charge is 2.36. The lowest BCUT2D eigenvalue weighted by molar-refractivity contribution is -0.133. The third kappa shape index (κ3) is 2.29. The fraction of sp³-hybridized carbons (Fsp3) is 0.286. The van der Waals surface area contributed by atoms with Crippen LogP contribution >= 0.6 is 23.1 Å². The number of benzene rings is 1. The Labute approximate surface area is 124 Å². The molecular formula is C14H13NO3S2. The average Bonchev–Trinajstić information content (AvgIpc) is 2.81. The standard InChI is InChI=1S/C14H13NO3S2/c1-14(2)12-11(8-5-3-4-6-9(8)18-14)15-13(20-12)19-7-10(16)17/h3-6H,7H2,1-2H3,(H,16,17). The molecule has 2 aromatic rings. The molecule has 0 unspecified atom stereocenters. The molecule has 4 nitrogen and oxygen atoms in total. The zero-order valence-corrected chi connectivity index (χ0v) is 12.7. The Morgan fingerprint density at radius 3 is 2.95 bits per heavy atom. The predicted molar refractivity (Wildman–Crippen MR) is 79.6 cm³/mol. The zero-order valence-electron chi connectivity index (χ0n) is 11.0. The largest absolute Gasteiger partial charge is 0.482 e. The Hall–Kier alpha value is -1.53. The van der Waals surface area contributed by atoms with Gasteiger partial charge in [0.15, 0.2) is 4.34 Å². The predicted octanol–water partition coefficient (Wildman–Crippen LogP) is 3.61. The van der Waals surface area contributed by atoms with Crippen LogP contribution in [0.1, 0.15) is 18.7 Å². The van der Waals surface area contributed by atoms with Crippen LogP contribution < -0.4 is 4.74 Å². The van der Waals surface area contributed by atoms with Gasteiger partial charge < -0.3 is 9.84 Å². The molecule has 0 saturated carbocycles. The third-order valence-corrected chi connectivity index (χ3v) is 5.47. The molecule has 0 fully saturated rings. The highest BCUT2D eigenvalue weighted by molar-refractivity contribution is 8.01. The minimum Gasteiger partial charge on any atom is -0.482 e. The maximum absolute atomic E-state index is 10.7. The molecule has 0 saturated heterocycles. The van der Waals surface area contributed by atoms with Crippen LogP contribution in [0, 0.1) is 0 Å². The Bertz CT molecular complexity index is 679. The van der Waals surface area contributed by atoms with E-state index in [1.165, 1.54) is 23.1 Å². The molecule has 1 aliphatic rings. The van der Waals surface area contributed by atoms with Crippen molar-refractivity contribution in [3.8, 4) is 17.0 Å². The summed E-state index contributed by atoms with van der Waals surface area (Å²) in [5.41, 5.74) is 1.44. The van der Waals surface area contributed by atoms with Gasteiger partial charge in [-0.25, -0.2) is 4.98 Å². The quantitative estimate of drug-likeness (QED) is 0.878. The van der Waals surface area contributed by atoms with Gasteiger partial charge in [0.1, 0.15) is 11.4 Å². The zero-order chi connectivity index (χ0) is 14.3. The lowest BCUT2D eigenvalue weighted by Gasteiger charge is -2.31. The number of carboxylic acids is 1. The van der Waals surface area contributed by atoms with Gasteiger partial charge >= 0.3 is 5.97 Å². The lowest BCUT2D eigenvalue weighted by Crippen LogP contribution is -2.27. The summed E-state index contributed by atoms with van der Waals surface area (Å²) >= 11 is 2.76. The van der Waals surface area contributed by atoms with E-state index in [4.69, 9.17) is 9.84 Å². The van der Waals surface area contributed by atoms with E-state index >= 15 is 0 Å². The van der Waals surface area contributed by atoms with Crippen molar-refractivity contribution in [3.63, 3.8) is 0 Å². The molecule has 6 heteroatoms. The number of fused-ring (bicyclic) bond motifs is 3. The number of aromatic nitrogens is 1. The molecule has 0 amide bonds. The normalized spacial score (nSPS) is 15.1. The molecular weight excluding hydrogens is 294 g/mol. The van der Waals surface area contributed by atoms with E-state index in [1.807, 2.05) is 38.1 Å². The summed E-state index contributed by atoms with van der Waals surface area (Å²) in [7, 11) is 0. The van der Waals surface area contributed by atoms with Crippen LogP contribution in [0.5, 0.6) is 5.75 Å². The first kappa shape index (κ1) is 13.5. The number of carbonyl (C=O) groups is 1. The monoisotopic (exact) mass is 307 g/mol. The highest BCUT2D eigenvalue weighted by atomic mass is 32.2. The van der Waals surface area contributed by atoms with Gasteiger partial charge in [-0.05, 0) is 26.0 Å². The lowest BCUT2D eigenvalue weighted by atomic mass is 9.97. The maximum atomic E-state index is 10.7. The van der Waals surface area contributed by atoms with E-state index in [0.717, 1.165) is 26.2 Å². The van der Waals surface area contributed by atoms with Crippen molar-refractivity contribution in [2.24, 2.45) is 0 Å². The molecule has 1 aromatic heterocycles. The summed E-state index contributed by atoms with van der Waals surface area (Å²) in [6, 6.07) is 7.80. The second-order valence-electron chi connectivity index (χ2n) is 4.95. The van der Waals surface area contributed by atoms with Crippen LogP contribution in [0.2, 0.25) is 0 Å². The first-order chi connectivity index (χ1) is 9.47. The minimum atomic E-state index is -0.834. The topological polar surface area (TPSA) is 59.4 Å². The Balaban J connectivity index is 2.05. The van der Waals surface area contributed by atoms with Crippen LogP contribution in [0.15, 0.2) is 28.6 Å². The van der Waals surface area contributed by atoms with Gasteiger partial charge in [0.25, 0.3) is 0 Å². The van der Waals surface area contributed by atoms with E-state index in [9.17, 15) is 4.79 Å². The van der Waals surface area contributed by atoms with Gasteiger partial charge in [0, 0.05) is 5.56 Å². The Morgan fingerprint density at radius 1 is 1.45 bits per heavy atom. The summed E-state index contributed by atoms with van der Waals surface area (Å²) in [6.45, 7) is 4.01. The molecule has 20 heavy (non-hydrogen) atoms. The Morgan fingerprint density at radius 2 is 2.20 bits per heavy atom.